The smallest absolute Gasteiger partial charge is 0.226 e. The van der Waals surface area contributed by atoms with Gasteiger partial charge in [-0.25, -0.2) is 0 Å². The van der Waals surface area contributed by atoms with Crippen molar-refractivity contribution < 1.29 is 9.59 Å². The molecule has 2 rings (SSSR count). The van der Waals surface area contributed by atoms with Gasteiger partial charge in [-0.05, 0) is 58.2 Å². The van der Waals surface area contributed by atoms with Crippen LogP contribution in [0.1, 0.15) is 38.7 Å². The van der Waals surface area contributed by atoms with Crippen LogP contribution in [0.5, 0.6) is 0 Å². The first kappa shape index (κ1) is 19.4. The van der Waals surface area contributed by atoms with Crippen LogP contribution >= 0.6 is 0 Å². The maximum absolute atomic E-state index is 12.6. The molecule has 5 heteroatoms. The molecule has 1 fully saturated rings. The average molecular weight is 345 g/mol. The Bertz CT molecular complexity index is 572. The summed E-state index contributed by atoms with van der Waals surface area (Å²) in [4.78, 5) is 27.6. The van der Waals surface area contributed by atoms with E-state index in [0.717, 1.165) is 57.4 Å². The summed E-state index contributed by atoms with van der Waals surface area (Å²) in [5.74, 6) is 0.431. The Labute approximate surface area is 151 Å². The highest BCUT2D eigenvalue weighted by Gasteiger charge is 2.31. The second kappa shape index (κ2) is 9.56. The van der Waals surface area contributed by atoms with Crippen LogP contribution in [0.25, 0.3) is 0 Å². The molecule has 0 saturated carbocycles. The molecule has 0 spiro atoms. The summed E-state index contributed by atoms with van der Waals surface area (Å²) in [6.07, 6.45) is 4.73. The predicted molar refractivity (Wildman–Crippen MR) is 102 cm³/mol. The van der Waals surface area contributed by atoms with Crippen LogP contribution in [0.15, 0.2) is 24.3 Å². The second-order valence-electron chi connectivity index (χ2n) is 6.84. The zero-order valence-corrected chi connectivity index (χ0v) is 15.7. The van der Waals surface area contributed by atoms with Crippen molar-refractivity contribution in [2.75, 3.05) is 32.0 Å². The number of rotatable bonds is 8. The summed E-state index contributed by atoms with van der Waals surface area (Å²) in [7, 11) is 2.13. The standard InChI is InChI=1S/C20H31N3O2/c1-4-23(5-2)20(25)17-11-13-18(22(3)14-17)12-10-16-8-6-7-9-19(16)21-15-24/h6-9,15,17-18H,4-5,10-14H2,1-3H3,(H,21,24). The number of benzene rings is 1. The lowest BCUT2D eigenvalue weighted by molar-refractivity contribution is -0.137. The Morgan fingerprint density at radius 1 is 1.28 bits per heavy atom. The largest absolute Gasteiger partial charge is 0.343 e. The lowest BCUT2D eigenvalue weighted by atomic mass is 9.89. The molecule has 1 saturated heterocycles. The number of nitrogens with zero attached hydrogens (tertiary/aromatic N) is 2. The maximum Gasteiger partial charge on any atom is 0.226 e. The fourth-order valence-electron chi connectivity index (χ4n) is 3.83. The fraction of sp³-hybridized carbons (Fsp3) is 0.600. The number of piperidine rings is 1. The van der Waals surface area contributed by atoms with E-state index in [1.807, 2.05) is 36.9 Å². The van der Waals surface area contributed by atoms with Gasteiger partial charge in [0.1, 0.15) is 0 Å². The van der Waals surface area contributed by atoms with Crippen molar-refractivity contribution in [3.05, 3.63) is 29.8 Å². The molecule has 1 aromatic rings. The monoisotopic (exact) mass is 345 g/mol. The number of amides is 2. The van der Waals surface area contributed by atoms with Gasteiger partial charge >= 0.3 is 0 Å². The van der Waals surface area contributed by atoms with Gasteiger partial charge in [0.05, 0.1) is 5.92 Å². The zero-order chi connectivity index (χ0) is 18.2. The Morgan fingerprint density at radius 2 is 2.00 bits per heavy atom. The normalized spacial score (nSPS) is 20.9. The SMILES string of the molecule is CCN(CC)C(=O)C1CCC(CCc2ccccc2NC=O)N(C)C1. The summed E-state index contributed by atoms with van der Waals surface area (Å²) < 4.78 is 0. The van der Waals surface area contributed by atoms with E-state index in [1.54, 1.807) is 0 Å². The highest BCUT2D eigenvalue weighted by atomic mass is 16.2. The second-order valence-corrected chi connectivity index (χ2v) is 6.84. The molecule has 1 aliphatic rings. The lowest BCUT2D eigenvalue weighted by Gasteiger charge is -2.38. The van der Waals surface area contributed by atoms with E-state index in [9.17, 15) is 9.59 Å². The van der Waals surface area contributed by atoms with Gasteiger partial charge < -0.3 is 15.1 Å². The van der Waals surface area contributed by atoms with E-state index in [0.29, 0.717) is 11.9 Å². The number of carbonyl (C=O) groups excluding carboxylic acids is 2. The summed E-state index contributed by atoms with van der Waals surface area (Å²) in [5, 5.41) is 2.78. The van der Waals surface area contributed by atoms with Crippen LogP contribution in [0.4, 0.5) is 5.69 Å². The molecule has 138 valence electrons. The number of aryl methyl sites for hydroxylation is 1. The van der Waals surface area contributed by atoms with E-state index in [-0.39, 0.29) is 5.92 Å². The number of carbonyl (C=O) groups is 2. The molecule has 2 amide bonds. The molecular formula is C20H31N3O2. The van der Waals surface area contributed by atoms with Crippen molar-refractivity contribution in [2.45, 2.75) is 45.6 Å². The Kier molecular flexibility index (Phi) is 7.44. The van der Waals surface area contributed by atoms with Gasteiger partial charge in [0, 0.05) is 31.4 Å². The maximum atomic E-state index is 12.6. The topological polar surface area (TPSA) is 52.7 Å². The van der Waals surface area contributed by atoms with E-state index >= 15 is 0 Å². The van der Waals surface area contributed by atoms with E-state index in [1.165, 1.54) is 5.56 Å². The average Bonchev–Trinajstić information content (AvgIpc) is 2.63. The van der Waals surface area contributed by atoms with Crippen LogP contribution in [0.3, 0.4) is 0 Å². The van der Waals surface area contributed by atoms with Crippen LogP contribution in [0, 0.1) is 5.92 Å². The molecule has 0 aromatic heterocycles. The third-order valence-electron chi connectivity index (χ3n) is 5.38. The van der Waals surface area contributed by atoms with Gasteiger partial charge in [-0.1, -0.05) is 18.2 Å². The van der Waals surface area contributed by atoms with Crippen molar-refractivity contribution in [3.8, 4) is 0 Å². The quantitative estimate of drug-likeness (QED) is 0.737. The zero-order valence-electron chi connectivity index (χ0n) is 15.7. The minimum atomic E-state index is 0.130. The van der Waals surface area contributed by atoms with Crippen LogP contribution in [-0.2, 0) is 16.0 Å². The van der Waals surface area contributed by atoms with Crippen molar-refractivity contribution >= 4 is 18.0 Å². The molecule has 0 bridgehead atoms. The van der Waals surface area contributed by atoms with Crippen LogP contribution in [0.2, 0.25) is 0 Å². The van der Waals surface area contributed by atoms with Gasteiger partial charge in [0.25, 0.3) is 0 Å². The molecule has 2 atom stereocenters. The molecule has 1 N–H and O–H groups in total. The Morgan fingerprint density at radius 3 is 2.64 bits per heavy atom. The highest BCUT2D eigenvalue weighted by Crippen LogP contribution is 2.26. The van der Waals surface area contributed by atoms with Crippen molar-refractivity contribution in [2.24, 2.45) is 5.92 Å². The molecule has 0 radical (unpaired) electrons. The van der Waals surface area contributed by atoms with Crippen molar-refractivity contribution in [1.82, 2.24) is 9.80 Å². The first-order valence-electron chi connectivity index (χ1n) is 9.37. The molecule has 1 heterocycles. The van der Waals surface area contributed by atoms with Crippen LogP contribution < -0.4 is 5.32 Å². The van der Waals surface area contributed by atoms with E-state index in [4.69, 9.17) is 0 Å². The number of anilines is 1. The summed E-state index contributed by atoms with van der Waals surface area (Å²) in [6.45, 7) is 6.51. The number of hydrogen-bond acceptors (Lipinski definition) is 3. The highest BCUT2D eigenvalue weighted by molar-refractivity contribution is 5.79. The van der Waals surface area contributed by atoms with E-state index in [2.05, 4.69) is 23.3 Å². The Hall–Kier alpha value is -1.88. The van der Waals surface area contributed by atoms with Gasteiger partial charge in [-0.2, -0.15) is 0 Å². The number of para-hydroxylation sites is 1. The van der Waals surface area contributed by atoms with Gasteiger partial charge in [-0.3, -0.25) is 9.59 Å². The molecular weight excluding hydrogens is 314 g/mol. The minimum absolute atomic E-state index is 0.130. The first-order chi connectivity index (χ1) is 12.1. The van der Waals surface area contributed by atoms with Gasteiger partial charge in [-0.15, -0.1) is 0 Å². The molecule has 25 heavy (non-hydrogen) atoms. The molecule has 1 aliphatic heterocycles. The third kappa shape index (κ3) is 5.05. The number of likely N-dealkylation sites (tertiary alicyclic amines) is 1. The Balaban J connectivity index is 1.90. The third-order valence-corrected chi connectivity index (χ3v) is 5.38. The summed E-state index contributed by atoms with van der Waals surface area (Å²) in [5.41, 5.74) is 2.06. The molecule has 5 nitrogen and oxygen atoms in total. The number of hydrogen-bond donors (Lipinski definition) is 1. The van der Waals surface area contributed by atoms with Gasteiger partial charge in [0.2, 0.25) is 12.3 Å². The first-order valence-corrected chi connectivity index (χ1v) is 9.37. The van der Waals surface area contributed by atoms with E-state index < -0.39 is 0 Å². The minimum Gasteiger partial charge on any atom is -0.343 e. The molecule has 0 aliphatic carbocycles. The van der Waals surface area contributed by atoms with Crippen LogP contribution in [-0.4, -0.2) is 54.8 Å². The predicted octanol–water partition coefficient (Wildman–Crippen LogP) is 2.77. The molecule has 1 aromatic carbocycles. The molecule has 2 unspecified atom stereocenters. The number of nitrogens with one attached hydrogen (secondary N) is 1. The van der Waals surface area contributed by atoms with Gasteiger partial charge in [0.15, 0.2) is 0 Å². The lowest BCUT2D eigenvalue weighted by Crippen LogP contribution is -2.47. The fourth-order valence-corrected chi connectivity index (χ4v) is 3.83. The van der Waals surface area contributed by atoms with Crippen molar-refractivity contribution in [1.29, 1.82) is 0 Å². The summed E-state index contributed by atoms with van der Waals surface area (Å²) >= 11 is 0. The van der Waals surface area contributed by atoms with Crippen molar-refractivity contribution in [3.63, 3.8) is 0 Å². The summed E-state index contributed by atoms with van der Waals surface area (Å²) in [6, 6.07) is 8.44.